The highest BCUT2D eigenvalue weighted by atomic mass is 16.6. The lowest BCUT2D eigenvalue weighted by atomic mass is 10.2. The van der Waals surface area contributed by atoms with Gasteiger partial charge in [0.05, 0.1) is 6.54 Å². The summed E-state index contributed by atoms with van der Waals surface area (Å²) in [6, 6.07) is 9.45. The molecule has 1 fully saturated rings. The number of amides is 1. The topological polar surface area (TPSA) is 53.3 Å². The van der Waals surface area contributed by atoms with Crippen molar-refractivity contribution in [1.82, 2.24) is 0 Å². The maximum Gasteiger partial charge on any atom is 0.415 e. The van der Waals surface area contributed by atoms with Gasteiger partial charge in [0.15, 0.2) is 0 Å². The quantitative estimate of drug-likeness (QED) is 0.698. The average molecular weight is 202 g/mol. The van der Waals surface area contributed by atoms with Crippen molar-refractivity contribution in [2.24, 2.45) is 0 Å². The van der Waals surface area contributed by atoms with Crippen LogP contribution in [0.15, 0.2) is 24.3 Å². The first-order valence-corrected chi connectivity index (χ1v) is 4.65. The van der Waals surface area contributed by atoms with E-state index in [0.29, 0.717) is 6.54 Å². The summed E-state index contributed by atoms with van der Waals surface area (Å²) < 4.78 is 4.83. The molecule has 0 spiro atoms. The van der Waals surface area contributed by atoms with Gasteiger partial charge in [-0.25, -0.2) is 4.79 Å². The van der Waals surface area contributed by atoms with Crippen LogP contribution in [0.1, 0.15) is 5.56 Å². The van der Waals surface area contributed by atoms with Crippen LogP contribution in [0.25, 0.3) is 0 Å². The Morgan fingerprint density at radius 2 is 2.13 bits per heavy atom. The Labute approximate surface area is 87.7 Å². The van der Waals surface area contributed by atoms with Gasteiger partial charge < -0.3 is 4.74 Å². The SMILES string of the molecule is Cc1ccc(N2CC(C#N)OC2=O)cc1. The van der Waals surface area contributed by atoms with Gasteiger partial charge in [-0.15, -0.1) is 0 Å². The number of hydrogen-bond acceptors (Lipinski definition) is 3. The number of ether oxygens (including phenoxy) is 1. The molecule has 76 valence electrons. The number of carbonyl (C=O) groups excluding carboxylic acids is 1. The van der Waals surface area contributed by atoms with E-state index in [1.807, 2.05) is 37.3 Å². The van der Waals surface area contributed by atoms with Gasteiger partial charge in [0, 0.05) is 5.69 Å². The zero-order chi connectivity index (χ0) is 10.8. The summed E-state index contributed by atoms with van der Waals surface area (Å²) >= 11 is 0. The van der Waals surface area contributed by atoms with Crippen molar-refractivity contribution in [3.63, 3.8) is 0 Å². The third kappa shape index (κ3) is 1.77. The number of carbonyl (C=O) groups is 1. The van der Waals surface area contributed by atoms with E-state index in [4.69, 9.17) is 10.00 Å². The molecule has 1 aliphatic rings. The number of benzene rings is 1. The van der Waals surface area contributed by atoms with E-state index < -0.39 is 12.2 Å². The van der Waals surface area contributed by atoms with Crippen LogP contribution in [-0.4, -0.2) is 18.7 Å². The Balaban J connectivity index is 2.22. The monoisotopic (exact) mass is 202 g/mol. The average Bonchev–Trinajstić information content (AvgIpc) is 2.61. The summed E-state index contributed by atoms with van der Waals surface area (Å²) in [5.74, 6) is 0. The van der Waals surface area contributed by atoms with Crippen molar-refractivity contribution in [3.8, 4) is 6.07 Å². The lowest BCUT2D eigenvalue weighted by Crippen LogP contribution is -2.24. The molecule has 0 saturated carbocycles. The molecule has 1 aromatic rings. The number of aryl methyl sites for hydroxylation is 1. The van der Waals surface area contributed by atoms with Crippen LogP contribution in [-0.2, 0) is 4.74 Å². The number of hydrogen-bond donors (Lipinski definition) is 0. The highest BCUT2D eigenvalue weighted by Gasteiger charge is 2.31. The van der Waals surface area contributed by atoms with Gasteiger partial charge in [0.25, 0.3) is 0 Å². The van der Waals surface area contributed by atoms with Gasteiger partial charge in [0.2, 0.25) is 6.10 Å². The predicted molar refractivity (Wildman–Crippen MR) is 54.4 cm³/mol. The first-order valence-electron chi connectivity index (χ1n) is 4.65. The number of nitriles is 1. The maximum absolute atomic E-state index is 11.4. The minimum atomic E-state index is -0.654. The molecule has 15 heavy (non-hydrogen) atoms. The summed E-state index contributed by atoms with van der Waals surface area (Å²) in [6.07, 6.45) is -1.11. The van der Waals surface area contributed by atoms with Crippen LogP contribution in [0, 0.1) is 18.3 Å². The van der Waals surface area contributed by atoms with Crippen LogP contribution in [0.3, 0.4) is 0 Å². The zero-order valence-corrected chi connectivity index (χ0v) is 8.30. The number of anilines is 1. The van der Waals surface area contributed by atoms with Gasteiger partial charge in [-0.3, -0.25) is 4.90 Å². The molecule has 1 aromatic carbocycles. The van der Waals surface area contributed by atoms with E-state index in [1.54, 1.807) is 0 Å². The van der Waals surface area contributed by atoms with Crippen molar-refractivity contribution in [2.45, 2.75) is 13.0 Å². The first kappa shape index (κ1) is 9.53. The lowest BCUT2D eigenvalue weighted by molar-refractivity contribution is 0.162. The van der Waals surface area contributed by atoms with E-state index >= 15 is 0 Å². The van der Waals surface area contributed by atoms with E-state index in [2.05, 4.69) is 0 Å². The minimum absolute atomic E-state index is 0.304. The second-order valence-electron chi connectivity index (χ2n) is 3.45. The molecule has 1 heterocycles. The van der Waals surface area contributed by atoms with Crippen molar-refractivity contribution in [2.75, 3.05) is 11.4 Å². The van der Waals surface area contributed by atoms with Crippen LogP contribution < -0.4 is 4.90 Å². The second-order valence-corrected chi connectivity index (χ2v) is 3.45. The van der Waals surface area contributed by atoms with E-state index in [0.717, 1.165) is 11.3 Å². The molecule has 1 saturated heterocycles. The van der Waals surface area contributed by atoms with Gasteiger partial charge >= 0.3 is 6.09 Å². The lowest BCUT2D eigenvalue weighted by Gasteiger charge is -2.12. The van der Waals surface area contributed by atoms with Gasteiger partial charge in [-0.1, -0.05) is 17.7 Å². The normalized spacial score (nSPS) is 19.9. The number of rotatable bonds is 1. The van der Waals surface area contributed by atoms with E-state index in [9.17, 15) is 4.79 Å². The van der Waals surface area contributed by atoms with Crippen LogP contribution >= 0.6 is 0 Å². The van der Waals surface area contributed by atoms with Gasteiger partial charge in [0.1, 0.15) is 6.07 Å². The predicted octanol–water partition coefficient (Wildman–Crippen LogP) is 1.84. The van der Waals surface area contributed by atoms with Crippen molar-refractivity contribution >= 4 is 11.8 Å². The summed E-state index contributed by atoms with van der Waals surface area (Å²) in [6.45, 7) is 2.28. The summed E-state index contributed by atoms with van der Waals surface area (Å²) in [5.41, 5.74) is 1.89. The molecule has 0 aliphatic carbocycles. The maximum atomic E-state index is 11.4. The van der Waals surface area contributed by atoms with Crippen molar-refractivity contribution < 1.29 is 9.53 Å². The molecule has 2 rings (SSSR count). The molecule has 1 amide bonds. The number of nitrogens with zero attached hydrogens (tertiary/aromatic N) is 2. The molecular weight excluding hydrogens is 192 g/mol. The molecule has 0 aromatic heterocycles. The third-order valence-electron chi connectivity index (χ3n) is 2.30. The van der Waals surface area contributed by atoms with Crippen molar-refractivity contribution in [3.05, 3.63) is 29.8 Å². The van der Waals surface area contributed by atoms with Crippen LogP contribution in [0.5, 0.6) is 0 Å². The Hall–Kier alpha value is -2.02. The molecular formula is C11H10N2O2. The fourth-order valence-corrected chi connectivity index (χ4v) is 1.47. The molecule has 0 radical (unpaired) electrons. The Bertz CT molecular complexity index is 419. The summed E-state index contributed by atoms with van der Waals surface area (Å²) in [5, 5.41) is 8.64. The molecule has 4 heteroatoms. The first-order chi connectivity index (χ1) is 7.20. The fourth-order valence-electron chi connectivity index (χ4n) is 1.47. The Morgan fingerprint density at radius 3 is 2.67 bits per heavy atom. The summed E-state index contributed by atoms with van der Waals surface area (Å²) in [4.78, 5) is 12.8. The fraction of sp³-hybridized carbons (Fsp3) is 0.273. The smallest absolute Gasteiger partial charge is 0.415 e. The second kappa shape index (κ2) is 3.62. The highest BCUT2D eigenvalue weighted by molar-refractivity contribution is 5.90. The molecule has 0 bridgehead atoms. The summed E-state index contributed by atoms with van der Waals surface area (Å²) in [7, 11) is 0. The van der Waals surface area contributed by atoms with Crippen LogP contribution in [0.4, 0.5) is 10.5 Å². The standard InChI is InChI=1S/C11H10N2O2/c1-8-2-4-9(5-3-8)13-7-10(6-12)15-11(13)14/h2-5,10H,7H2,1H3. The molecule has 4 nitrogen and oxygen atoms in total. The molecule has 1 atom stereocenters. The minimum Gasteiger partial charge on any atom is -0.428 e. The van der Waals surface area contributed by atoms with Crippen LogP contribution in [0.2, 0.25) is 0 Å². The van der Waals surface area contributed by atoms with Gasteiger partial charge in [-0.2, -0.15) is 5.26 Å². The van der Waals surface area contributed by atoms with E-state index in [-0.39, 0.29) is 0 Å². The largest absolute Gasteiger partial charge is 0.428 e. The Morgan fingerprint density at radius 1 is 1.47 bits per heavy atom. The molecule has 0 N–H and O–H groups in total. The molecule has 1 unspecified atom stereocenters. The van der Waals surface area contributed by atoms with Gasteiger partial charge in [-0.05, 0) is 19.1 Å². The Kier molecular flexibility index (Phi) is 2.30. The highest BCUT2D eigenvalue weighted by Crippen LogP contribution is 2.21. The zero-order valence-electron chi connectivity index (χ0n) is 8.30. The van der Waals surface area contributed by atoms with Crippen molar-refractivity contribution in [1.29, 1.82) is 5.26 Å². The van der Waals surface area contributed by atoms with E-state index in [1.165, 1.54) is 4.90 Å². The molecule has 1 aliphatic heterocycles. The number of cyclic esters (lactones) is 1. The third-order valence-corrected chi connectivity index (χ3v) is 2.30.